The van der Waals surface area contributed by atoms with Crippen molar-refractivity contribution in [1.82, 2.24) is 0 Å². The van der Waals surface area contributed by atoms with E-state index >= 15 is 0 Å². The molecule has 11 heavy (non-hydrogen) atoms. The molecule has 0 radical (unpaired) electrons. The van der Waals surface area contributed by atoms with Crippen LogP contribution in [-0.2, 0) is 0 Å². The Bertz CT molecular complexity index is 335. The van der Waals surface area contributed by atoms with E-state index in [2.05, 4.69) is 22.0 Å². The molecule has 2 aromatic rings. The predicted molar refractivity (Wildman–Crippen MR) is 47.4 cm³/mol. The molecule has 0 aliphatic carbocycles. The van der Waals surface area contributed by atoms with Gasteiger partial charge in [-0.1, -0.05) is 0 Å². The molecule has 3 heteroatoms. The Kier molecular flexibility index (Phi) is 2.06. The molecule has 2 rings (SSSR count). The molecule has 0 saturated heterocycles. The number of aromatic hydroxyl groups is 1. The zero-order valence-corrected chi connectivity index (χ0v) is 9.08. The van der Waals surface area contributed by atoms with Crippen molar-refractivity contribution in [2.45, 2.75) is 0 Å². The van der Waals surface area contributed by atoms with Crippen molar-refractivity contribution in [3.8, 4) is 14.6 Å². The Morgan fingerprint density at radius 1 is 1.09 bits per heavy atom. The number of hydrogen-bond donors (Lipinski definition) is 1. The van der Waals surface area contributed by atoms with Crippen LogP contribution in [-0.4, -0.2) is 34.1 Å². The fourth-order valence-corrected chi connectivity index (χ4v) is 4.17. The van der Waals surface area contributed by atoms with Crippen LogP contribution in [0.5, 0.6) is 4.62 Å². The van der Waals surface area contributed by atoms with Crippen LogP contribution in [0.4, 0.5) is 0 Å². The predicted octanol–water partition coefficient (Wildman–Crippen LogP) is 1.17. The van der Waals surface area contributed by atoms with E-state index in [1.807, 2.05) is 6.07 Å². The summed E-state index contributed by atoms with van der Waals surface area (Å²) in [4.78, 5) is 4.23. The van der Waals surface area contributed by atoms with E-state index in [1.165, 1.54) is 4.44 Å². The van der Waals surface area contributed by atoms with Gasteiger partial charge in [-0.15, -0.1) is 0 Å². The first kappa shape index (κ1) is 7.45. The molecule has 0 saturated carbocycles. The molecule has 0 aromatic carbocycles. The number of hydrogen-bond acceptors (Lipinski definition) is 1. The van der Waals surface area contributed by atoms with Gasteiger partial charge in [0.1, 0.15) is 0 Å². The molecule has 56 valence electrons. The second kappa shape index (κ2) is 3.04. The third kappa shape index (κ3) is 1.38. The summed E-state index contributed by atoms with van der Waals surface area (Å²) in [6.45, 7) is 0. The van der Waals surface area contributed by atoms with Gasteiger partial charge in [-0.25, -0.2) is 0 Å². The van der Waals surface area contributed by atoms with Crippen molar-refractivity contribution >= 4 is 29.0 Å². The van der Waals surface area contributed by atoms with Crippen molar-refractivity contribution in [2.75, 3.05) is 0 Å². The van der Waals surface area contributed by atoms with Crippen LogP contribution < -0.4 is 0 Å². The van der Waals surface area contributed by atoms with E-state index in [0.29, 0.717) is 19.1 Å². The Morgan fingerprint density at radius 3 is 2.55 bits per heavy atom. The molecule has 0 spiro atoms. The van der Waals surface area contributed by atoms with Crippen LogP contribution in [0.3, 0.4) is 0 Å². The van der Waals surface area contributed by atoms with E-state index in [0.717, 1.165) is 5.56 Å². The van der Waals surface area contributed by atoms with Crippen molar-refractivity contribution in [2.24, 2.45) is 0 Å². The summed E-state index contributed by atoms with van der Waals surface area (Å²) in [6.07, 6.45) is 0. The monoisotopic (exact) mass is 278 g/mol. The second-order valence-corrected chi connectivity index (χ2v) is 5.98. The summed E-state index contributed by atoms with van der Waals surface area (Å²) in [5.74, 6) is 0. The van der Waals surface area contributed by atoms with E-state index in [9.17, 15) is 5.11 Å². The molecule has 1 nitrogen and oxygen atoms in total. The van der Waals surface area contributed by atoms with Gasteiger partial charge in [0.15, 0.2) is 0 Å². The Balaban J connectivity index is 2.53. The molecule has 0 aliphatic heterocycles. The molecule has 0 aliphatic rings. The molecule has 2 aromatic heterocycles. The summed E-state index contributed by atoms with van der Waals surface area (Å²) >= 11 is 0.656. The first-order valence-electron chi connectivity index (χ1n) is 3.18. The molecular formula is C8H6OSe2. The second-order valence-electron chi connectivity index (χ2n) is 2.12. The van der Waals surface area contributed by atoms with Crippen molar-refractivity contribution in [3.05, 3.63) is 28.1 Å². The topological polar surface area (TPSA) is 20.2 Å². The van der Waals surface area contributed by atoms with E-state index in [1.54, 1.807) is 0 Å². The summed E-state index contributed by atoms with van der Waals surface area (Å²) in [7, 11) is 0. The average Bonchev–Trinajstić information content (AvgIpc) is 2.55. The Labute approximate surface area is 76.8 Å². The van der Waals surface area contributed by atoms with Crippen LogP contribution in [0.15, 0.2) is 28.1 Å². The third-order valence-corrected chi connectivity index (χ3v) is 4.83. The molecule has 1 N–H and O–H groups in total. The average molecular weight is 276 g/mol. The van der Waals surface area contributed by atoms with Gasteiger partial charge in [0.2, 0.25) is 0 Å². The van der Waals surface area contributed by atoms with Crippen LogP contribution in [0, 0.1) is 0 Å². The summed E-state index contributed by atoms with van der Waals surface area (Å²) < 4.78 is 1.90. The van der Waals surface area contributed by atoms with Gasteiger partial charge in [-0.2, -0.15) is 0 Å². The van der Waals surface area contributed by atoms with Gasteiger partial charge < -0.3 is 0 Å². The molecule has 0 fully saturated rings. The fourth-order valence-electron chi connectivity index (χ4n) is 0.921. The molecule has 0 atom stereocenters. The number of rotatable bonds is 1. The maximum atomic E-state index is 9.44. The minimum atomic E-state index is 0.203. The standard InChI is InChI=1S/C8H6OSe2/c9-8-6(3-5-11-8)7-2-1-4-10-7/h1-5,9H. The zero-order chi connectivity index (χ0) is 7.68. The molecule has 0 amide bonds. The molecule has 0 bridgehead atoms. The van der Waals surface area contributed by atoms with E-state index in [4.69, 9.17) is 0 Å². The van der Waals surface area contributed by atoms with Gasteiger partial charge in [0.25, 0.3) is 0 Å². The van der Waals surface area contributed by atoms with Crippen LogP contribution in [0.2, 0.25) is 0 Å². The quantitative estimate of drug-likeness (QED) is 0.775. The SMILES string of the molecule is Oc1[se]ccc1-c1ccc[se]1. The fraction of sp³-hybridized carbons (Fsp3) is 0. The van der Waals surface area contributed by atoms with Gasteiger partial charge in [0, 0.05) is 0 Å². The van der Waals surface area contributed by atoms with Gasteiger partial charge in [-0.05, 0) is 0 Å². The summed E-state index contributed by atoms with van der Waals surface area (Å²) in [5.41, 5.74) is 1.08. The first-order valence-corrected chi connectivity index (χ1v) is 6.87. The van der Waals surface area contributed by atoms with Crippen LogP contribution >= 0.6 is 0 Å². The van der Waals surface area contributed by atoms with Crippen LogP contribution in [0.25, 0.3) is 10.0 Å². The Hall–Kier alpha value is -0.201. The molecule has 0 unspecified atom stereocenters. The minimum absolute atomic E-state index is 0.203. The maximum absolute atomic E-state index is 9.44. The van der Waals surface area contributed by atoms with E-state index < -0.39 is 0 Å². The van der Waals surface area contributed by atoms with Crippen molar-refractivity contribution in [3.63, 3.8) is 0 Å². The Morgan fingerprint density at radius 2 is 2.00 bits per heavy atom. The van der Waals surface area contributed by atoms with Crippen molar-refractivity contribution < 1.29 is 5.11 Å². The molecular weight excluding hydrogens is 270 g/mol. The van der Waals surface area contributed by atoms with Gasteiger partial charge >= 0.3 is 76.8 Å². The normalized spacial score (nSPS) is 10.2. The van der Waals surface area contributed by atoms with Crippen molar-refractivity contribution in [1.29, 1.82) is 0 Å². The third-order valence-electron chi connectivity index (χ3n) is 1.43. The van der Waals surface area contributed by atoms with Crippen LogP contribution in [0.1, 0.15) is 0 Å². The van der Waals surface area contributed by atoms with Gasteiger partial charge in [-0.3, -0.25) is 0 Å². The van der Waals surface area contributed by atoms with E-state index in [-0.39, 0.29) is 14.5 Å². The first-order chi connectivity index (χ1) is 5.38. The summed E-state index contributed by atoms with van der Waals surface area (Å²) in [5, 5.41) is 9.44. The zero-order valence-electron chi connectivity index (χ0n) is 5.65. The summed E-state index contributed by atoms with van der Waals surface area (Å²) in [6, 6.07) is 6.20. The van der Waals surface area contributed by atoms with Gasteiger partial charge in [0.05, 0.1) is 0 Å². The molecule has 2 heterocycles.